The molecule has 0 radical (unpaired) electrons. The summed E-state index contributed by atoms with van der Waals surface area (Å²) >= 11 is 3.17. The summed E-state index contributed by atoms with van der Waals surface area (Å²) in [5.74, 6) is 0.299. The van der Waals surface area contributed by atoms with Crippen molar-refractivity contribution in [2.75, 3.05) is 18.9 Å². The van der Waals surface area contributed by atoms with Crippen molar-refractivity contribution in [2.24, 2.45) is 5.92 Å². The Balaban J connectivity index is 2.54. The molecule has 0 saturated heterocycles. The van der Waals surface area contributed by atoms with Crippen LogP contribution in [0, 0.1) is 5.92 Å². The fourth-order valence-electron chi connectivity index (χ4n) is 1.03. The Morgan fingerprint density at radius 3 is 2.80 bits per heavy atom. The molecule has 0 saturated carbocycles. The number of carbonyl (C=O) groups excluding carboxylic acids is 1. The first kappa shape index (κ1) is 12.1. The Morgan fingerprint density at radius 2 is 2.27 bits per heavy atom. The van der Waals surface area contributed by atoms with Gasteiger partial charge in [-0.2, -0.15) is 0 Å². The number of rotatable bonds is 4. The number of halogens is 1. The molecule has 1 aromatic rings. The van der Waals surface area contributed by atoms with E-state index in [1.807, 2.05) is 14.0 Å². The topological polar surface area (TPSA) is 66.9 Å². The van der Waals surface area contributed by atoms with E-state index in [1.54, 1.807) is 6.20 Å². The second-order valence-electron chi connectivity index (χ2n) is 3.17. The van der Waals surface area contributed by atoms with Gasteiger partial charge in [0.25, 0.3) is 0 Å². The predicted molar refractivity (Wildman–Crippen MR) is 61.5 cm³/mol. The van der Waals surface area contributed by atoms with Gasteiger partial charge in [0.2, 0.25) is 5.91 Å². The number of carbonyl (C=O) groups is 1. The van der Waals surface area contributed by atoms with Crippen LogP contribution in [0.5, 0.6) is 0 Å². The third-order valence-corrected chi connectivity index (χ3v) is 2.24. The van der Waals surface area contributed by atoms with Crippen molar-refractivity contribution < 1.29 is 4.79 Å². The number of anilines is 1. The molecular weight excluding hydrogens is 260 g/mol. The molecule has 6 heteroatoms. The molecule has 0 aliphatic carbocycles. The maximum atomic E-state index is 11.6. The monoisotopic (exact) mass is 272 g/mol. The minimum Gasteiger partial charge on any atom is -0.319 e. The summed E-state index contributed by atoms with van der Waals surface area (Å²) in [6.07, 6.45) is 3.05. The number of aromatic nitrogens is 2. The molecule has 15 heavy (non-hydrogen) atoms. The lowest BCUT2D eigenvalue weighted by molar-refractivity contribution is -0.119. The van der Waals surface area contributed by atoms with Crippen LogP contribution in [-0.2, 0) is 4.79 Å². The van der Waals surface area contributed by atoms with Crippen LogP contribution in [0.15, 0.2) is 17.0 Å². The van der Waals surface area contributed by atoms with Gasteiger partial charge in [0.1, 0.15) is 4.60 Å². The molecule has 0 aromatic carbocycles. The summed E-state index contributed by atoms with van der Waals surface area (Å²) in [6.45, 7) is 2.48. The van der Waals surface area contributed by atoms with Crippen LogP contribution >= 0.6 is 15.9 Å². The Kier molecular flexibility index (Phi) is 4.64. The lowest BCUT2D eigenvalue weighted by atomic mass is 10.1. The van der Waals surface area contributed by atoms with E-state index < -0.39 is 0 Å². The lowest BCUT2D eigenvalue weighted by Gasteiger charge is -2.10. The fraction of sp³-hybridized carbons (Fsp3) is 0.444. The Morgan fingerprint density at radius 1 is 1.53 bits per heavy atom. The second-order valence-corrected chi connectivity index (χ2v) is 3.98. The standard InChI is InChI=1S/C9H13BrN4O/c1-6(3-11-2)9(15)14-8-5-12-7(10)4-13-8/h4-6,11H,3H2,1-2H3,(H,13,14,15). The zero-order valence-corrected chi connectivity index (χ0v) is 10.2. The maximum Gasteiger partial charge on any atom is 0.229 e. The molecule has 1 rings (SSSR count). The van der Waals surface area contributed by atoms with Gasteiger partial charge in [-0.1, -0.05) is 6.92 Å². The Labute approximate surface area is 96.8 Å². The van der Waals surface area contributed by atoms with Crippen molar-refractivity contribution in [3.8, 4) is 0 Å². The number of nitrogens with zero attached hydrogens (tertiary/aromatic N) is 2. The van der Waals surface area contributed by atoms with E-state index in [0.29, 0.717) is 17.0 Å². The van der Waals surface area contributed by atoms with Crippen LogP contribution in [0.4, 0.5) is 5.82 Å². The van der Waals surface area contributed by atoms with Crippen molar-refractivity contribution in [3.05, 3.63) is 17.0 Å². The molecule has 1 amide bonds. The smallest absolute Gasteiger partial charge is 0.229 e. The number of nitrogens with one attached hydrogen (secondary N) is 2. The largest absolute Gasteiger partial charge is 0.319 e. The van der Waals surface area contributed by atoms with Gasteiger partial charge in [-0.15, -0.1) is 0 Å². The van der Waals surface area contributed by atoms with E-state index in [2.05, 4.69) is 36.5 Å². The summed E-state index contributed by atoms with van der Waals surface area (Å²) in [5, 5.41) is 5.62. The van der Waals surface area contributed by atoms with E-state index in [-0.39, 0.29) is 11.8 Å². The molecule has 0 spiro atoms. The lowest BCUT2D eigenvalue weighted by Crippen LogP contribution is -2.28. The average molecular weight is 273 g/mol. The molecule has 0 aliphatic rings. The molecule has 0 bridgehead atoms. The highest BCUT2D eigenvalue weighted by atomic mass is 79.9. The predicted octanol–water partition coefficient (Wildman–Crippen LogP) is 1.03. The van der Waals surface area contributed by atoms with Crippen LogP contribution in [-0.4, -0.2) is 29.5 Å². The molecule has 2 N–H and O–H groups in total. The highest BCUT2D eigenvalue weighted by Crippen LogP contribution is 2.07. The van der Waals surface area contributed by atoms with Gasteiger partial charge in [-0.3, -0.25) is 4.79 Å². The third-order valence-electron chi connectivity index (χ3n) is 1.83. The Bertz CT molecular complexity index is 327. The van der Waals surface area contributed by atoms with Crippen LogP contribution in [0.2, 0.25) is 0 Å². The van der Waals surface area contributed by atoms with Gasteiger partial charge < -0.3 is 10.6 Å². The minimum absolute atomic E-state index is 0.0685. The van der Waals surface area contributed by atoms with Gasteiger partial charge in [0.05, 0.1) is 12.4 Å². The molecule has 1 aromatic heterocycles. The quantitative estimate of drug-likeness (QED) is 0.860. The molecule has 1 heterocycles. The van der Waals surface area contributed by atoms with Crippen molar-refractivity contribution in [3.63, 3.8) is 0 Å². The van der Waals surface area contributed by atoms with Crippen molar-refractivity contribution in [1.29, 1.82) is 0 Å². The SMILES string of the molecule is CNCC(C)C(=O)Nc1cnc(Br)cn1. The molecule has 1 atom stereocenters. The second kappa shape index (κ2) is 5.77. The summed E-state index contributed by atoms with van der Waals surface area (Å²) in [4.78, 5) is 19.5. The number of hydrogen-bond acceptors (Lipinski definition) is 4. The molecular formula is C9H13BrN4O. The first-order valence-electron chi connectivity index (χ1n) is 4.56. The number of amides is 1. The van der Waals surface area contributed by atoms with Crippen LogP contribution in [0.3, 0.4) is 0 Å². The van der Waals surface area contributed by atoms with Crippen molar-refractivity contribution >= 4 is 27.7 Å². The zero-order valence-electron chi connectivity index (χ0n) is 8.62. The van der Waals surface area contributed by atoms with E-state index >= 15 is 0 Å². The Hall–Kier alpha value is -1.01. The van der Waals surface area contributed by atoms with Gasteiger partial charge in [-0.25, -0.2) is 9.97 Å². The summed E-state index contributed by atoms with van der Waals surface area (Å²) in [5.41, 5.74) is 0. The first-order valence-corrected chi connectivity index (χ1v) is 5.35. The molecule has 5 nitrogen and oxygen atoms in total. The highest BCUT2D eigenvalue weighted by Gasteiger charge is 2.12. The third kappa shape index (κ3) is 3.93. The fourth-order valence-corrected chi connectivity index (χ4v) is 1.23. The maximum absolute atomic E-state index is 11.6. The van der Waals surface area contributed by atoms with E-state index in [9.17, 15) is 4.79 Å². The molecule has 1 unspecified atom stereocenters. The molecule has 0 fully saturated rings. The summed E-state index contributed by atoms with van der Waals surface area (Å²) in [6, 6.07) is 0. The first-order chi connectivity index (χ1) is 7.13. The highest BCUT2D eigenvalue weighted by molar-refractivity contribution is 9.10. The summed E-state index contributed by atoms with van der Waals surface area (Å²) in [7, 11) is 1.81. The average Bonchev–Trinajstić information content (AvgIpc) is 2.22. The normalized spacial score (nSPS) is 12.2. The van der Waals surface area contributed by atoms with Crippen molar-refractivity contribution in [1.82, 2.24) is 15.3 Å². The summed E-state index contributed by atoms with van der Waals surface area (Å²) < 4.78 is 0.642. The minimum atomic E-state index is -0.0968. The van der Waals surface area contributed by atoms with Crippen molar-refractivity contribution in [2.45, 2.75) is 6.92 Å². The molecule has 82 valence electrons. The van der Waals surface area contributed by atoms with Gasteiger partial charge >= 0.3 is 0 Å². The van der Waals surface area contributed by atoms with E-state index in [4.69, 9.17) is 0 Å². The molecule has 0 aliphatic heterocycles. The van der Waals surface area contributed by atoms with Crippen LogP contribution in [0.1, 0.15) is 6.92 Å². The van der Waals surface area contributed by atoms with E-state index in [0.717, 1.165) is 0 Å². The van der Waals surface area contributed by atoms with Crippen LogP contribution in [0.25, 0.3) is 0 Å². The van der Waals surface area contributed by atoms with Crippen LogP contribution < -0.4 is 10.6 Å². The number of hydrogen-bond donors (Lipinski definition) is 2. The van der Waals surface area contributed by atoms with Gasteiger partial charge in [0, 0.05) is 12.5 Å². The zero-order chi connectivity index (χ0) is 11.3. The van der Waals surface area contributed by atoms with E-state index in [1.165, 1.54) is 6.20 Å². The van der Waals surface area contributed by atoms with Gasteiger partial charge in [-0.05, 0) is 23.0 Å². The van der Waals surface area contributed by atoms with Gasteiger partial charge in [0.15, 0.2) is 5.82 Å².